The van der Waals surface area contributed by atoms with Crippen molar-refractivity contribution in [2.24, 2.45) is 5.41 Å². The second-order valence-electron chi connectivity index (χ2n) is 7.20. The molecule has 2 aliphatic rings. The van der Waals surface area contributed by atoms with Crippen LogP contribution in [0.1, 0.15) is 59.3 Å². The van der Waals surface area contributed by atoms with Crippen LogP contribution in [-0.2, 0) is 4.79 Å². The van der Waals surface area contributed by atoms with E-state index in [-0.39, 0.29) is 17.5 Å². The Morgan fingerprint density at radius 2 is 1.71 bits per heavy atom. The lowest BCUT2D eigenvalue weighted by Crippen LogP contribution is -2.60. The van der Waals surface area contributed by atoms with Crippen molar-refractivity contribution in [2.45, 2.75) is 71.4 Å². The van der Waals surface area contributed by atoms with E-state index in [4.69, 9.17) is 0 Å². The predicted octanol–water partition coefficient (Wildman–Crippen LogP) is 2.95. The van der Waals surface area contributed by atoms with Gasteiger partial charge in [-0.3, -0.25) is 0 Å². The summed E-state index contributed by atoms with van der Waals surface area (Å²) in [6.45, 7) is 7.30. The van der Waals surface area contributed by atoms with Crippen LogP contribution >= 0.6 is 0 Å². The van der Waals surface area contributed by atoms with Crippen molar-refractivity contribution in [1.29, 1.82) is 0 Å². The van der Waals surface area contributed by atoms with Crippen molar-refractivity contribution in [3.05, 3.63) is 0 Å². The Morgan fingerprint density at radius 3 is 2.38 bits per heavy atom. The van der Waals surface area contributed by atoms with Gasteiger partial charge in [-0.2, -0.15) is 0 Å². The van der Waals surface area contributed by atoms with Crippen LogP contribution in [0.25, 0.3) is 0 Å². The second kappa shape index (κ2) is 6.24. The molecule has 2 atom stereocenters. The Bertz CT molecular complexity index is 408. The van der Waals surface area contributed by atoms with Crippen LogP contribution in [0.2, 0.25) is 0 Å². The smallest absolute Gasteiger partial charge is 0.327 e. The number of likely N-dealkylation sites (tertiary alicyclic amines) is 2. The van der Waals surface area contributed by atoms with Crippen molar-refractivity contribution >= 4 is 12.0 Å². The van der Waals surface area contributed by atoms with Gasteiger partial charge in [-0.15, -0.1) is 0 Å². The minimum absolute atomic E-state index is 0.0791. The van der Waals surface area contributed by atoms with Gasteiger partial charge >= 0.3 is 12.0 Å². The molecular weight excluding hydrogens is 268 g/mol. The van der Waals surface area contributed by atoms with Crippen molar-refractivity contribution in [2.75, 3.05) is 13.1 Å². The molecule has 0 aromatic rings. The average molecular weight is 296 g/mol. The van der Waals surface area contributed by atoms with Crippen molar-refractivity contribution in [3.8, 4) is 0 Å². The molecule has 0 bridgehead atoms. The summed E-state index contributed by atoms with van der Waals surface area (Å²) >= 11 is 0. The number of nitrogens with zero attached hydrogens (tertiary/aromatic N) is 2. The molecule has 1 N–H and O–H groups in total. The van der Waals surface area contributed by atoms with Gasteiger partial charge in [-0.25, -0.2) is 9.59 Å². The van der Waals surface area contributed by atoms with Gasteiger partial charge in [0.2, 0.25) is 0 Å². The minimum Gasteiger partial charge on any atom is -0.480 e. The quantitative estimate of drug-likeness (QED) is 0.809. The SMILES string of the molecule is CC1CCCCCN1C(=O)N1CCCC(C)(C)C1C(=O)O. The molecule has 0 saturated carbocycles. The molecule has 5 heteroatoms. The molecule has 2 aliphatic heterocycles. The van der Waals surface area contributed by atoms with Gasteiger partial charge in [0.15, 0.2) is 0 Å². The molecule has 2 saturated heterocycles. The number of carboxylic acid groups (broad SMARTS) is 1. The zero-order valence-electron chi connectivity index (χ0n) is 13.5. The predicted molar refractivity (Wildman–Crippen MR) is 81.2 cm³/mol. The van der Waals surface area contributed by atoms with E-state index in [9.17, 15) is 14.7 Å². The maximum Gasteiger partial charge on any atom is 0.327 e. The van der Waals surface area contributed by atoms with Crippen LogP contribution in [-0.4, -0.2) is 52.1 Å². The van der Waals surface area contributed by atoms with E-state index in [1.54, 1.807) is 4.90 Å². The first kappa shape index (κ1) is 16.1. The molecule has 5 nitrogen and oxygen atoms in total. The minimum atomic E-state index is -0.879. The Kier molecular flexibility index (Phi) is 4.79. The Hall–Kier alpha value is -1.26. The molecule has 0 aromatic carbocycles. The maximum atomic E-state index is 12.9. The second-order valence-corrected chi connectivity index (χ2v) is 7.20. The molecule has 0 radical (unpaired) electrons. The largest absolute Gasteiger partial charge is 0.480 e. The highest BCUT2D eigenvalue weighted by Crippen LogP contribution is 2.36. The summed E-state index contributed by atoms with van der Waals surface area (Å²) < 4.78 is 0. The average Bonchev–Trinajstić information content (AvgIpc) is 2.60. The first-order valence-electron chi connectivity index (χ1n) is 8.14. The third-order valence-electron chi connectivity index (χ3n) is 5.05. The maximum absolute atomic E-state index is 12.9. The van der Waals surface area contributed by atoms with Crippen LogP contribution in [0, 0.1) is 5.41 Å². The highest BCUT2D eigenvalue weighted by molar-refractivity contribution is 5.84. The third-order valence-corrected chi connectivity index (χ3v) is 5.05. The van der Waals surface area contributed by atoms with Gasteiger partial charge in [0.1, 0.15) is 6.04 Å². The van der Waals surface area contributed by atoms with E-state index in [1.165, 1.54) is 0 Å². The Labute approximate surface area is 127 Å². The monoisotopic (exact) mass is 296 g/mol. The van der Waals surface area contributed by atoms with Gasteiger partial charge < -0.3 is 14.9 Å². The standard InChI is InChI=1S/C16H28N2O3/c1-12-8-5-4-6-10-17(12)15(21)18-11-7-9-16(2,3)13(18)14(19)20/h12-13H,4-11H2,1-3H3,(H,19,20). The summed E-state index contributed by atoms with van der Waals surface area (Å²) in [6, 6.07) is -0.585. The molecule has 0 aromatic heterocycles. The fourth-order valence-electron chi connectivity index (χ4n) is 3.79. The number of aliphatic carboxylic acids is 1. The van der Waals surface area contributed by atoms with E-state index in [1.807, 2.05) is 18.7 Å². The fourth-order valence-corrected chi connectivity index (χ4v) is 3.79. The number of carbonyl (C=O) groups excluding carboxylic acids is 1. The van der Waals surface area contributed by atoms with E-state index >= 15 is 0 Å². The third kappa shape index (κ3) is 3.33. The topological polar surface area (TPSA) is 60.9 Å². The zero-order valence-corrected chi connectivity index (χ0v) is 13.5. The number of amides is 2. The van der Waals surface area contributed by atoms with E-state index in [2.05, 4.69) is 6.92 Å². The molecule has 2 amide bonds. The Balaban J connectivity index is 2.21. The van der Waals surface area contributed by atoms with Crippen molar-refractivity contribution < 1.29 is 14.7 Å². The molecule has 2 rings (SSSR count). The molecule has 2 fully saturated rings. The molecule has 120 valence electrons. The summed E-state index contributed by atoms with van der Waals surface area (Å²) in [5.41, 5.74) is -0.366. The number of urea groups is 1. The Morgan fingerprint density at radius 1 is 1.05 bits per heavy atom. The summed E-state index contributed by atoms with van der Waals surface area (Å²) in [5.74, 6) is -0.879. The van der Waals surface area contributed by atoms with Crippen LogP contribution in [0.5, 0.6) is 0 Å². The molecule has 0 spiro atoms. The highest BCUT2D eigenvalue weighted by atomic mass is 16.4. The lowest BCUT2D eigenvalue weighted by Gasteiger charge is -2.46. The van der Waals surface area contributed by atoms with E-state index in [0.717, 1.165) is 45.1 Å². The molecule has 2 heterocycles. The number of hydrogen-bond acceptors (Lipinski definition) is 2. The molecular formula is C16H28N2O3. The number of carboxylic acids is 1. The lowest BCUT2D eigenvalue weighted by molar-refractivity contribution is -0.148. The van der Waals surface area contributed by atoms with Gasteiger partial charge in [-0.05, 0) is 38.0 Å². The molecule has 21 heavy (non-hydrogen) atoms. The van der Waals surface area contributed by atoms with Crippen LogP contribution in [0.15, 0.2) is 0 Å². The number of hydrogen-bond donors (Lipinski definition) is 1. The lowest BCUT2D eigenvalue weighted by atomic mass is 9.76. The normalized spacial score (nSPS) is 29.9. The first-order chi connectivity index (χ1) is 9.84. The summed E-state index contributed by atoms with van der Waals surface area (Å²) in [4.78, 5) is 28.1. The van der Waals surface area contributed by atoms with Crippen LogP contribution in [0.4, 0.5) is 4.79 Å². The first-order valence-corrected chi connectivity index (χ1v) is 8.14. The van der Waals surface area contributed by atoms with E-state index < -0.39 is 12.0 Å². The van der Waals surface area contributed by atoms with Crippen LogP contribution in [0.3, 0.4) is 0 Å². The van der Waals surface area contributed by atoms with E-state index in [0.29, 0.717) is 6.54 Å². The molecule has 0 aliphatic carbocycles. The number of piperidine rings is 1. The number of rotatable bonds is 1. The highest BCUT2D eigenvalue weighted by Gasteiger charge is 2.46. The van der Waals surface area contributed by atoms with Crippen molar-refractivity contribution in [1.82, 2.24) is 9.80 Å². The summed E-state index contributed by atoms with van der Waals surface area (Å²) in [7, 11) is 0. The summed E-state index contributed by atoms with van der Waals surface area (Å²) in [6.07, 6.45) is 6.07. The zero-order chi connectivity index (χ0) is 15.6. The van der Waals surface area contributed by atoms with Gasteiger partial charge in [-0.1, -0.05) is 26.7 Å². The van der Waals surface area contributed by atoms with Gasteiger partial charge in [0.25, 0.3) is 0 Å². The fraction of sp³-hybridized carbons (Fsp3) is 0.875. The van der Waals surface area contributed by atoms with Crippen LogP contribution < -0.4 is 0 Å². The summed E-state index contributed by atoms with van der Waals surface area (Å²) in [5, 5.41) is 9.60. The number of carbonyl (C=O) groups is 2. The van der Waals surface area contributed by atoms with Gasteiger partial charge in [0.05, 0.1) is 0 Å². The van der Waals surface area contributed by atoms with Crippen molar-refractivity contribution in [3.63, 3.8) is 0 Å². The van der Waals surface area contributed by atoms with Gasteiger partial charge in [0, 0.05) is 19.1 Å². The molecule has 2 unspecified atom stereocenters.